The molecule has 0 aliphatic carbocycles. The third-order valence-corrected chi connectivity index (χ3v) is 2.47. The Morgan fingerprint density at radius 2 is 2.31 bits per heavy atom. The number of nitrogens with zero attached hydrogens (tertiary/aromatic N) is 2. The molecule has 0 unspecified atom stereocenters. The Kier molecular flexibility index (Phi) is 2.76. The van der Waals surface area contributed by atoms with E-state index >= 15 is 0 Å². The zero-order chi connectivity index (χ0) is 11.7. The van der Waals surface area contributed by atoms with E-state index in [-0.39, 0.29) is 5.15 Å². The van der Waals surface area contributed by atoms with Crippen molar-refractivity contribution >= 4 is 28.6 Å². The van der Waals surface area contributed by atoms with Gasteiger partial charge in [-0.3, -0.25) is 4.79 Å². The smallest absolute Gasteiger partial charge is 0.306 e. The van der Waals surface area contributed by atoms with Gasteiger partial charge in [0.15, 0.2) is 0 Å². The second-order valence-corrected chi connectivity index (χ2v) is 3.60. The molecule has 2 rings (SSSR count). The van der Waals surface area contributed by atoms with Crippen LogP contribution < -0.4 is 0 Å². The van der Waals surface area contributed by atoms with Crippen molar-refractivity contribution in [3.63, 3.8) is 0 Å². The molecule has 2 heterocycles. The van der Waals surface area contributed by atoms with Gasteiger partial charge < -0.3 is 15.2 Å². The summed E-state index contributed by atoms with van der Waals surface area (Å²) in [5.41, 5.74) is 0.863. The minimum atomic E-state index is -1.13. The molecular weight excluding hydrogens is 234 g/mol. The number of halogens is 1. The average molecular weight is 242 g/mol. The Morgan fingerprint density at radius 1 is 1.56 bits per heavy atom. The number of carboxylic acid groups (broad SMARTS) is 1. The highest BCUT2D eigenvalue weighted by Gasteiger charge is 2.18. The maximum absolute atomic E-state index is 10.5. The molecule has 6 nitrogen and oxygen atoms in total. The number of fused-ring (bicyclic) bond motifs is 1. The van der Waals surface area contributed by atoms with Gasteiger partial charge in [-0.1, -0.05) is 11.6 Å². The number of aromatic nitrogens is 3. The van der Waals surface area contributed by atoms with Crippen LogP contribution in [0.15, 0.2) is 12.5 Å². The fourth-order valence-electron chi connectivity index (χ4n) is 1.49. The van der Waals surface area contributed by atoms with Crippen molar-refractivity contribution in [2.24, 2.45) is 0 Å². The maximum atomic E-state index is 10.5. The Labute approximate surface area is 94.9 Å². The van der Waals surface area contributed by atoms with E-state index in [2.05, 4.69) is 15.0 Å². The number of carbonyl (C=O) groups is 1. The van der Waals surface area contributed by atoms with E-state index < -0.39 is 18.5 Å². The Bertz CT molecular complexity index is 540. The summed E-state index contributed by atoms with van der Waals surface area (Å²) in [6.45, 7) is 0. The second kappa shape index (κ2) is 4.07. The average Bonchev–Trinajstić information content (AvgIpc) is 2.61. The molecule has 0 spiro atoms. The lowest BCUT2D eigenvalue weighted by Gasteiger charge is -2.06. The molecular formula is C9H8ClN3O3. The number of carboxylic acids is 1. The number of H-pyrrole nitrogens is 1. The first-order chi connectivity index (χ1) is 7.59. The summed E-state index contributed by atoms with van der Waals surface area (Å²) in [5.74, 6) is -1.09. The van der Waals surface area contributed by atoms with Crippen LogP contribution in [-0.4, -0.2) is 31.1 Å². The predicted molar refractivity (Wildman–Crippen MR) is 56.1 cm³/mol. The summed E-state index contributed by atoms with van der Waals surface area (Å²) in [4.78, 5) is 21.0. The lowest BCUT2D eigenvalue weighted by Crippen LogP contribution is -2.05. The molecule has 0 amide bonds. The van der Waals surface area contributed by atoms with Crippen LogP contribution in [0, 0.1) is 0 Å². The fourth-order valence-corrected chi connectivity index (χ4v) is 1.73. The van der Waals surface area contributed by atoms with Crippen molar-refractivity contribution < 1.29 is 15.0 Å². The zero-order valence-electron chi connectivity index (χ0n) is 8.01. The van der Waals surface area contributed by atoms with E-state index in [1.807, 2.05) is 0 Å². The normalized spacial score (nSPS) is 12.9. The third-order valence-electron chi connectivity index (χ3n) is 2.18. The van der Waals surface area contributed by atoms with Gasteiger partial charge in [-0.25, -0.2) is 9.97 Å². The monoisotopic (exact) mass is 241 g/mol. The van der Waals surface area contributed by atoms with Gasteiger partial charge in [0, 0.05) is 11.8 Å². The van der Waals surface area contributed by atoms with E-state index in [1.54, 1.807) is 0 Å². The van der Waals surface area contributed by atoms with Crippen molar-refractivity contribution in [1.82, 2.24) is 15.0 Å². The fraction of sp³-hybridized carbons (Fsp3) is 0.222. The quantitative estimate of drug-likeness (QED) is 0.700. The summed E-state index contributed by atoms with van der Waals surface area (Å²) in [6, 6.07) is 0. The molecule has 0 aliphatic rings. The van der Waals surface area contributed by atoms with Crippen molar-refractivity contribution in [3.05, 3.63) is 23.2 Å². The van der Waals surface area contributed by atoms with Gasteiger partial charge in [0.1, 0.15) is 17.1 Å². The van der Waals surface area contributed by atoms with Crippen LogP contribution >= 0.6 is 11.6 Å². The molecule has 0 radical (unpaired) electrons. The molecule has 0 saturated carbocycles. The molecule has 1 atom stereocenters. The molecule has 0 bridgehead atoms. The first kappa shape index (κ1) is 10.8. The van der Waals surface area contributed by atoms with Crippen LogP contribution in [-0.2, 0) is 4.79 Å². The van der Waals surface area contributed by atoms with Crippen molar-refractivity contribution in [2.75, 3.05) is 0 Å². The van der Waals surface area contributed by atoms with Gasteiger partial charge in [0.05, 0.1) is 17.9 Å². The first-order valence-corrected chi connectivity index (χ1v) is 4.84. The molecule has 2 aromatic heterocycles. The molecule has 0 saturated heterocycles. The number of hydrogen-bond donors (Lipinski definition) is 3. The SMILES string of the molecule is O=C(O)C[C@H](O)c1c[nH]c2ncnc(Cl)c12. The maximum Gasteiger partial charge on any atom is 0.306 e. The van der Waals surface area contributed by atoms with Gasteiger partial charge in [-0.05, 0) is 0 Å². The highest BCUT2D eigenvalue weighted by atomic mass is 35.5. The molecule has 0 aromatic carbocycles. The number of aliphatic hydroxyl groups is 1. The topological polar surface area (TPSA) is 99.1 Å². The van der Waals surface area contributed by atoms with Gasteiger partial charge >= 0.3 is 5.97 Å². The molecule has 3 N–H and O–H groups in total. The number of aliphatic hydroxyl groups excluding tert-OH is 1. The summed E-state index contributed by atoms with van der Waals surface area (Å²) in [5, 5.41) is 18.9. The number of rotatable bonds is 3. The van der Waals surface area contributed by atoms with Gasteiger partial charge in [0.25, 0.3) is 0 Å². The Balaban J connectivity index is 2.48. The summed E-state index contributed by atoms with van der Waals surface area (Å²) >= 11 is 5.85. The molecule has 0 fully saturated rings. The number of aromatic amines is 1. The lowest BCUT2D eigenvalue weighted by atomic mass is 10.1. The summed E-state index contributed by atoms with van der Waals surface area (Å²) in [6.07, 6.45) is 1.25. The van der Waals surface area contributed by atoms with Crippen LogP contribution in [0.4, 0.5) is 0 Å². The standard InChI is InChI=1S/C9H8ClN3O3/c10-8-7-4(5(14)1-6(15)16)2-11-9(7)13-3-12-8/h2-3,5,14H,1H2,(H,15,16)(H,11,12,13)/t5-/m0/s1. The predicted octanol–water partition coefficient (Wildman–Crippen LogP) is 1.12. The van der Waals surface area contributed by atoms with Crippen molar-refractivity contribution in [1.29, 1.82) is 0 Å². The van der Waals surface area contributed by atoms with Gasteiger partial charge in [0.2, 0.25) is 0 Å². The molecule has 7 heteroatoms. The Morgan fingerprint density at radius 3 is 3.00 bits per heavy atom. The molecule has 84 valence electrons. The first-order valence-electron chi connectivity index (χ1n) is 4.47. The second-order valence-electron chi connectivity index (χ2n) is 3.25. The van der Waals surface area contributed by atoms with Crippen LogP contribution in [0.1, 0.15) is 18.1 Å². The van der Waals surface area contributed by atoms with E-state index in [9.17, 15) is 9.90 Å². The number of nitrogens with one attached hydrogen (secondary N) is 1. The van der Waals surface area contributed by atoms with E-state index in [4.69, 9.17) is 16.7 Å². The largest absolute Gasteiger partial charge is 0.481 e. The van der Waals surface area contributed by atoms with Gasteiger partial charge in [-0.15, -0.1) is 0 Å². The summed E-state index contributed by atoms with van der Waals surface area (Å²) < 4.78 is 0. The van der Waals surface area contributed by atoms with Crippen LogP contribution in [0.25, 0.3) is 11.0 Å². The highest BCUT2D eigenvalue weighted by Crippen LogP contribution is 2.29. The Hall–Kier alpha value is -1.66. The number of hydrogen-bond acceptors (Lipinski definition) is 4. The zero-order valence-corrected chi connectivity index (χ0v) is 8.77. The highest BCUT2D eigenvalue weighted by molar-refractivity contribution is 6.34. The van der Waals surface area contributed by atoms with E-state index in [0.717, 1.165) is 0 Å². The van der Waals surface area contributed by atoms with Crippen LogP contribution in [0.2, 0.25) is 5.15 Å². The number of aliphatic carboxylic acids is 1. The lowest BCUT2D eigenvalue weighted by molar-refractivity contribution is -0.139. The van der Waals surface area contributed by atoms with E-state index in [0.29, 0.717) is 16.6 Å². The minimum absolute atomic E-state index is 0.186. The van der Waals surface area contributed by atoms with Crippen molar-refractivity contribution in [2.45, 2.75) is 12.5 Å². The minimum Gasteiger partial charge on any atom is -0.481 e. The molecule has 0 aliphatic heterocycles. The summed E-state index contributed by atoms with van der Waals surface area (Å²) in [7, 11) is 0. The third kappa shape index (κ3) is 1.84. The van der Waals surface area contributed by atoms with Gasteiger partial charge in [-0.2, -0.15) is 0 Å². The van der Waals surface area contributed by atoms with E-state index in [1.165, 1.54) is 12.5 Å². The van der Waals surface area contributed by atoms with Crippen LogP contribution in [0.3, 0.4) is 0 Å². The molecule has 2 aromatic rings. The van der Waals surface area contributed by atoms with Crippen molar-refractivity contribution in [3.8, 4) is 0 Å². The molecule has 16 heavy (non-hydrogen) atoms. The van der Waals surface area contributed by atoms with Crippen LogP contribution in [0.5, 0.6) is 0 Å².